The molecule has 0 saturated heterocycles. The Hall–Kier alpha value is -2.70. The van der Waals surface area contributed by atoms with Crippen LogP contribution in [-0.4, -0.2) is 47.6 Å². The fraction of sp³-hybridized carbons (Fsp3) is 0.659. The number of carbonyl (C=O) groups excluding carboxylic acids is 2. The smallest absolute Gasteiger partial charge is 0.306 e. The first-order valence-electron chi connectivity index (χ1n) is 18.6. The van der Waals surface area contributed by atoms with E-state index in [4.69, 9.17) is 9.47 Å². The van der Waals surface area contributed by atoms with Gasteiger partial charge in [0.05, 0.1) is 12.7 Å². The molecule has 6 heteroatoms. The van der Waals surface area contributed by atoms with E-state index in [0.717, 1.165) is 44.9 Å². The molecule has 2 N–H and O–H groups in total. The van der Waals surface area contributed by atoms with E-state index in [-0.39, 0.29) is 25.6 Å². The fourth-order valence-corrected chi connectivity index (χ4v) is 4.78. The number of hydrogen-bond donors (Lipinski definition) is 2. The number of hydrogen-bond acceptors (Lipinski definition) is 6. The van der Waals surface area contributed by atoms with Gasteiger partial charge >= 0.3 is 11.9 Å². The van der Waals surface area contributed by atoms with Gasteiger partial charge in [-0.1, -0.05) is 164 Å². The number of rotatable bonds is 32. The highest BCUT2D eigenvalue weighted by Crippen LogP contribution is 2.13. The molecule has 1 unspecified atom stereocenters. The molecule has 0 rings (SSSR count). The van der Waals surface area contributed by atoms with Gasteiger partial charge < -0.3 is 19.7 Å². The molecule has 0 amide bonds. The lowest BCUT2D eigenvalue weighted by molar-refractivity contribution is -0.161. The van der Waals surface area contributed by atoms with Gasteiger partial charge in [0.2, 0.25) is 0 Å². The maximum atomic E-state index is 12.1. The predicted molar refractivity (Wildman–Crippen MR) is 197 cm³/mol. The molecule has 6 nitrogen and oxygen atoms in total. The second-order valence-corrected chi connectivity index (χ2v) is 12.1. The van der Waals surface area contributed by atoms with Gasteiger partial charge in [0.15, 0.2) is 6.10 Å². The summed E-state index contributed by atoms with van der Waals surface area (Å²) in [6, 6.07) is 0. The number of aliphatic hydroxyl groups excluding tert-OH is 2. The number of carbonyl (C=O) groups is 2. The zero-order valence-electron chi connectivity index (χ0n) is 29.9. The average Bonchev–Trinajstić information content (AvgIpc) is 3.07. The van der Waals surface area contributed by atoms with Gasteiger partial charge in [-0.2, -0.15) is 0 Å². The Morgan fingerprint density at radius 2 is 1.17 bits per heavy atom. The lowest BCUT2D eigenvalue weighted by Gasteiger charge is -2.15. The zero-order chi connectivity index (χ0) is 34.5. The van der Waals surface area contributed by atoms with Crippen LogP contribution in [0.4, 0.5) is 0 Å². The first-order valence-corrected chi connectivity index (χ1v) is 18.6. The number of unbranched alkanes of at least 4 members (excludes halogenated alkanes) is 12. The van der Waals surface area contributed by atoms with Gasteiger partial charge in [0, 0.05) is 12.8 Å². The molecule has 2 atom stereocenters. The Bertz CT molecular complexity index is 898. The number of ether oxygens (including phenoxy) is 2. The van der Waals surface area contributed by atoms with E-state index in [9.17, 15) is 19.8 Å². The van der Waals surface area contributed by atoms with Crippen LogP contribution in [0.1, 0.15) is 149 Å². The van der Waals surface area contributed by atoms with Crippen LogP contribution in [0.3, 0.4) is 0 Å². The largest absolute Gasteiger partial charge is 0.462 e. The van der Waals surface area contributed by atoms with E-state index in [1.165, 1.54) is 64.2 Å². The van der Waals surface area contributed by atoms with Crippen molar-refractivity contribution in [2.24, 2.45) is 0 Å². The van der Waals surface area contributed by atoms with Crippen molar-refractivity contribution in [3.8, 4) is 0 Å². The molecular weight excluding hydrogens is 588 g/mol. The van der Waals surface area contributed by atoms with E-state index in [1.807, 2.05) is 36.5 Å². The SMILES string of the molecule is CC/C=C\C/C=C\CC(O)/C=C/C=C\C/C=C\C/C=C\CCC(=O)O[C@@H](CO)COC(=O)CCCCCCCCCCCCCCC. The third-order valence-corrected chi connectivity index (χ3v) is 7.61. The van der Waals surface area contributed by atoms with E-state index >= 15 is 0 Å². The van der Waals surface area contributed by atoms with Crippen molar-refractivity contribution in [1.82, 2.24) is 0 Å². The molecule has 268 valence electrons. The molecule has 0 aliphatic rings. The average molecular weight is 657 g/mol. The van der Waals surface area contributed by atoms with Gasteiger partial charge in [-0.15, -0.1) is 0 Å². The van der Waals surface area contributed by atoms with Crippen molar-refractivity contribution in [2.75, 3.05) is 13.2 Å². The van der Waals surface area contributed by atoms with Gasteiger partial charge in [-0.05, 0) is 44.9 Å². The van der Waals surface area contributed by atoms with Crippen molar-refractivity contribution in [3.63, 3.8) is 0 Å². The van der Waals surface area contributed by atoms with Crippen LogP contribution in [0.15, 0.2) is 72.9 Å². The van der Waals surface area contributed by atoms with Crippen LogP contribution in [0, 0.1) is 0 Å². The molecule has 0 bridgehead atoms. The van der Waals surface area contributed by atoms with Crippen LogP contribution >= 0.6 is 0 Å². The van der Waals surface area contributed by atoms with E-state index in [2.05, 4.69) is 44.2 Å². The van der Waals surface area contributed by atoms with Crippen molar-refractivity contribution in [1.29, 1.82) is 0 Å². The molecule has 0 saturated carbocycles. The number of esters is 2. The minimum atomic E-state index is -0.828. The Morgan fingerprint density at radius 1 is 0.617 bits per heavy atom. The molecule has 0 heterocycles. The molecular formula is C41H68O6. The molecule has 0 aliphatic carbocycles. The summed E-state index contributed by atoms with van der Waals surface area (Å²) in [6.07, 6.45) is 44.2. The van der Waals surface area contributed by atoms with Crippen LogP contribution in [0.25, 0.3) is 0 Å². The van der Waals surface area contributed by atoms with Crippen molar-refractivity contribution < 1.29 is 29.3 Å². The minimum absolute atomic E-state index is 0.112. The summed E-state index contributed by atoms with van der Waals surface area (Å²) >= 11 is 0. The Kier molecular flexibility index (Phi) is 34.1. The van der Waals surface area contributed by atoms with Crippen molar-refractivity contribution >= 4 is 11.9 Å². The quantitative estimate of drug-likeness (QED) is 0.0324. The summed E-state index contributed by atoms with van der Waals surface area (Å²) in [4.78, 5) is 24.2. The Morgan fingerprint density at radius 3 is 1.79 bits per heavy atom. The van der Waals surface area contributed by atoms with Gasteiger partial charge in [0.1, 0.15) is 6.61 Å². The second-order valence-electron chi connectivity index (χ2n) is 12.1. The predicted octanol–water partition coefficient (Wildman–Crippen LogP) is 10.4. The van der Waals surface area contributed by atoms with Crippen molar-refractivity contribution in [2.45, 2.75) is 161 Å². The van der Waals surface area contributed by atoms with Crippen LogP contribution in [-0.2, 0) is 19.1 Å². The Labute approximate surface area is 287 Å². The molecule has 47 heavy (non-hydrogen) atoms. The highest BCUT2D eigenvalue weighted by molar-refractivity contribution is 5.70. The lowest BCUT2D eigenvalue weighted by Crippen LogP contribution is -2.28. The topological polar surface area (TPSA) is 93.1 Å². The summed E-state index contributed by atoms with van der Waals surface area (Å²) in [7, 11) is 0. The molecule has 0 radical (unpaired) electrons. The summed E-state index contributed by atoms with van der Waals surface area (Å²) in [5, 5.41) is 19.5. The normalized spacial score (nSPS) is 13.7. The summed E-state index contributed by atoms with van der Waals surface area (Å²) in [6.45, 7) is 3.88. The molecule has 0 aromatic carbocycles. The fourth-order valence-electron chi connectivity index (χ4n) is 4.78. The molecule has 0 aromatic rings. The lowest BCUT2D eigenvalue weighted by atomic mass is 10.0. The molecule has 0 aromatic heterocycles. The van der Waals surface area contributed by atoms with Gasteiger partial charge in [0.25, 0.3) is 0 Å². The van der Waals surface area contributed by atoms with Gasteiger partial charge in [-0.3, -0.25) is 9.59 Å². The van der Waals surface area contributed by atoms with E-state index in [1.54, 1.807) is 6.08 Å². The molecule has 0 spiro atoms. The number of aliphatic hydroxyl groups is 2. The van der Waals surface area contributed by atoms with Gasteiger partial charge in [-0.25, -0.2) is 0 Å². The highest BCUT2D eigenvalue weighted by atomic mass is 16.6. The summed E-state index contributed by atoms with van der Waals surface area (Å²) < 4.78 is 10.5. The second kappa shape index (κ2) is 36.1. The molecule has 0 aliphatic heterocycles. The van der Waals surface area contributed by atoms with Crippen LogP contribution < -0.4 is 0 Å². The first kappa shape index (κ1) is 44.3. The summed E-state index contributed by atoms with van der Waals surface area (Å²) in [5.41, 5.74) is 0. The van der Waals surface area contributed by atoms with Crippen molar-refractivity contribution in [3.05, 3.63) is 72.9 Å². The third-order valence-electron chi connectivity index (χ3n) is 7.61. The standard InChI is InChI=1S/C41H68O6/c1-3-5-7-9-11-12-13-14-15-19-22-26-30-34-40(44)46-37-39(36-42)47-41(45)35-31-27-23-20-17-16-18-21-25-29-33-38(43)32-28-24-10-8-6-4-2/h6,8,16-17,21,23-25,27-29,33,38-39,42-43H,3-5,7,9-15,18-20,22,26,30-32,34-37H2,1-2H3/b8-6-,17-16-,25-21-,27-23-,28-24-,33-29+/t38?,39-/m0/s1. The summed E-state index contributed by atoms with van der Waals surface area (Å²) in [5.74, 6) is -0.723. The zero-order valence-corrected chi connectivity index (χ0v) is 29.9. The maximum absolute atomic E-state index is 12.1. The van der Waals surface area contributed by atoms with E-state index in [0.29, 0.717) is 19.3 Å². The number of allylic oxidation sites excluding steroid dienone is 10. The first-order chi connectivity index (χ1) is 23.0. The van der Waals surface area contributed by atoms with Crippen LogP contribution in [0.5, 0.6) is 0 Å². The van der Waals surface area contributed by atoms with E-state index < -0.39 is 18.2 Å². The minimum Gasteiger partial charge on any atom is -0.462 e. The Balaban J connectivity index is 3.80. The molecule has 0 fully saturated rings. The van der Waals surface area contributed by atoms with Crippen LogP contribution in [0.2, 0.25) is 0 Å². The maximum Gasteiger partial charge on any atom is 0.306 e. The monoisotopic (exact) mass is 657 g/mol. The highest BCUT2D eigenvalue weighted by Gasteiger charge is 2.15. The third kappa shape index (κ3) is 34.5.